The molecule has 0 unspecified atom stereocenters. The first-order valence-corrected chi connectivity index (χ1v) is 11.3. The summed E-state index contributed by atoms with van der Waals surface area (Å²) in [5.74, 6) is 1.49. The second-order valence-corrected chi connectivity index (χ2v) is 8.75. The minimum absolute atomic E-state index is 0.0675. The van der Waals surface area contributed by atoms with Crippen LogP contribution in [0, 0.1) is 0 Å². The second kappa shape index (κ2) is 8.53. The molecule has 0 bridgehead atoms. The zero-order chi connectivity index (χ0) is 21.2. The largest absolute Gasteiger partial charge is 0.490 e. The van der Waals surface area contributed by atoms with E-state index in [0.717, 1.165) is 26.8 Å². The maximum Gasteiger partial charge on any atom is 0.274 e. The van der Waals surface area contributed by atoms with Crippen LogP contribution in [0.3, 0.4) is 0 Å². The molecule has 3 aromatic carbocycles. The Morgan fingerprint density at radius 2 is 1.68 bits per heavy atom. The lowest BCUT2D eigenvalue weighted by atomic mass is 10.2. The zero-order valence-electron chi connectivity index (χ0n) is 16.3. The molecule has 5 rings (SSSR count). The number of rotatable bonds is 6. The smallest absolute Gasteiger partial charge is 0.274 e. The van der Waals surface area contributed by atoms with Crippen molar-refractivity contribution in [2.45, 2.75) is 0 Å². The Morgan fingerprint density at radius 3 is 2.55 bits per heavy atom. The summed E-state index contributed by atoms with van der Waals surface area (Å²) >= 11 is 4.79. The lowest BCUT2D eigenvalue weighted by Gasteiger charge is -2.10. The number of aromatic nitrogens is 2. The summed E-state index contributed by atoms with van der Waals surface area (Å²) in [6.45, 7) is 0.811. The Kier molecular flexibility index (Phi) is 5.44. The fraction of sp³-hybridized carbons (Fsp3) is 0.0833. The molecule has 0 fully saturated rings. The van der Waals surface area contributed by atoms with Gasteiger partial charge in [-0.3, -0.25) is 4.79 Å². The predicted octanol–water partition coefficient (Wildman–Crippen LogP) is 4.68. The van der Waals surface area contributed by atoms with Crippen molar-refractivity contribution in [2.75, 3.05) is 13.2 Å². The molecule has 0 saturated carbocycles. The highest BCUT2D eigenvalue weighted by molar-refractivity contribution is 9.10. The van der Waals surface area contributed by atoms with Crippen LogP contribution in [-0.4, -0.2) is 22.6 Å². The molecule has 154 valence electrons. The van der Waals surface area contributed by atoms with Gasteiger partial charge in [-0.05, 0) is 48.5 Å². The lowest BCUT2D eigenvalue weighted by molar-refractivity contribution is 0.217. The van der Waals surface area contributed by atoms with E-state index < -0.39 is 0 Å². The van der Waals surface area contributed by atoms with Crippen molar-refractivity contribution in [3.05, 3.63) is 97.7 Å². The first kappa shape index (κ1) is 19.8. The summed E-state index contributed by atoms with van der Waals surface area (Å²) < 4.78 is 14.9. The molecule has 2 aromatic heterocycles. The molecule has 7 heteroatoms. The molecule has 0 spiro atoms. The average molecular weight is 493 g/mol. The fourth-order valence-electron chi connectivity index (χ4n) is 3.33. The van der Waals surface area contributed by atoms with Crippen LogP contribution in [0.5, 0.6) is 11.5 Å². The van der Waals surface area contributed by atoms with E-state index >= 15 is 0 Å². The van der Waals surface area contributed by atoms with Crippen molar-refractivity contribution in [3.63, 3.8) is 0 Å². The first-order valence-electron chi connectivity index (χ1n) is 9.71. The van der Waals surface area contributed by atoms with Gasteiger partial charge in [-0.1, -0.05) is 57.6 Å². The van der Waals surface area contributed by atoms with E-state index in [1.54, 1.807) is 4.40 Å². The highest BCUT2D eigenvalue weighted by Gasteiger charge is 2.11. The number of benzene rings is 3. The number of nitrogens with zero attached hydrogens (tertiary/aromatic N) is 2. The number of halogens is 1. The first-order chi connectivity index (χ1) is 15.2. The second-order valence-electron chi connectivity index (χ2n) is 6.82. The summed E-state index contributed by atoms with van der Waals surface area (Å²) in [4.78, 5) is 18.3. The van der Waals surface area contributed by atoms with Gasteiger partial charge in [0.1, 0.15) is 24.7 Å². The van der Waals surface area contributed by atoms with Gasteiger partial charge < -0.3 is 9.47 Å². The van der Waals surface area contributed by atoms with Gasteiger partial charge in [0.15, 0.2) is 4.96 Å². The molecule has 0 aliphatic heterocycles. The third-order valence-electron chi connectivity index (χ3n) is 4.77. The van der Waals surface area contributed by atoms with Crippen LogP contribution >= 0.6 is 27.3 Å². The van der Waals surface area contributed by atoms with Gasteiger partial charge >= 0.3 is 0 Å². The Morgan fingerprint density at radius 1 is 0.935 bits per heavy atom. The molecule has 0 N–H and O–H groups in total. The molecule has 0 atom stereocenters. The minimum Gasteiger partial charge on any atom is -0.490 e. The molecule has 0 saturated heterocycles. The van der Waals surface area contributed by atoms with E-state index in [0.29, 0.717) is 28.5 Å². The predicted molar refractivity (Wildman–Crippen MR) is 127 cm³/mol. The highest BCUT2D eigenvalue weighted by atomic mass is 79.9. The van der Waals surface area contributed by atoms with E-state index in [4.69, 9.17) is 9.47 Å². The maximum atomic E-state index is 13.0. The quantitative estimate of drug-likeness (QED) is 0.323. The van der Waals surface area contributed by atoms with E-state index in [-0.39, 0.29) is 5.56 Å². The Hall–Kier alpha value is -3.16. The number of fused-ring (bicyclic) bond motifs is 3. The summed E-state index contributed by atoms with van der Waals surface area (Å²) in [6, 6.07) is 23.0. The number of imidazole rings is 1. The van der Waals surface area contributed by atoms with Gasteiger partial charge in [-0.25, -0.2) is 9.38 Å². The van der Waals surface area contributed by atoms with Crippen LogP contribution in [0.2, 0.25) is 0 Å². The van der Waals surface area contributed by atoms with Gasteiger partial charge in [0.2, 0.25) is 0 Å². The monoisotopic (exact) mass is 492 g/mol. The topological polar surface area (TPSA) is 52.8 Å². The number of para-hydroxylation sites is 3. The SMILES string of the molecule is O=c1/c(=C/c2ccccc2OCCOc2ccc(Br)cc2)sc2nc3ccccc3n12. The van der Waals surface area contributed by atoms with E-state index in [2.05, 4.69) is 20.9 Å². The summed E-state index contributed by atoms with van der Waals surface area (Å²) in [5.41, 5.74) is 2.43. The highest BCUT2D eigenvalue weighted by Crippen LogP contribution is 2.20. The van der Waals surface area contributed by atoms with Crippen molar-refractivity contribution in [1.29, 1.82) is 0 Å². The Balaban J connectivity index is 1.38. The van der Waals surface area contributed by atoms with Gasteiger partial charge in [0.05, 0.1) is 15.6 Å². The molecular weight excluding hydrogens is 476 g/mol. The van der Waals surface area contributed by atoms with Gasteiger partial charge in [0, 0.05) is 10.0 Å². The van der Waals surface area contributed by atoms with Crippen LogP contribution in [-0.2, 0) is 0 Å². The van der Waals surface area contributed by atoms with Crippen LogP contribution < -0.4 is 19.6 Å². The van der Waals surface area contributed by atoms with E-state index in [9.17, 15) is 4.79 Å². The third-order valence-corrected chi connectivity index (χ3v) is 6.27. The molecular formula is C24H17BrN2O3S. The molecule has 5 aromatic rings. The normalized spacial score (nSPS) is 12.0. The molecule has 5 nitrogen and oxygen atoms in total. The Labute approximate surface area is 190 Å². The van der Waals surface area contributed by atoms with Crippen molar-refractivity contribution < 1.29 is 9.47 Å². The summed E-state index contributed by atoms with van der Waals surface area (Å²) in [6.07, 6.45) is 1.86. The molecule has 31 heavy (non-hydrogen) atoms. The Bertz CT molecular complexity index is 1470. The number of ether oxygens (including phenoxy) is 2. The van der Waals surface area contributed by atoms with E-state index in [1.807, 2.05) is 78.9 Å². The minimum atomic E-state index is -0.0675. The fourth-order valence-corrected chi connectivity index (χ4v) is 4.57. The lowest BCUT2D eigenvalue weighted by Crippen LogP contribution is -2.22. The average Bonchev–Trinajstić information content (AvgIpc) is 3.30. The van der Waals surface area contributed by atoms with Crippen LogP contribution in [0.15, 0.2) is 82.1 Å². The summed E-state index contributed by atoms with van der Waals surface area (Å²) in [7, 11) is 0. The van der Waals surface area contributed by atoms with Crippen LogP contribution in [0.25, 0.3) is 22.1 Å². The number of hydrogen-bond donors (Lipinski definition) is 0. The molecule has 0 radical (unpaired) electrons. The van der Waals surface area contributed by atoms with Crippen molar-refractivity contribution in [3.8, 4) is 11.5 Å². The van der Waals surface area contributed by atoms with Crippen LogP contribution in [0.4, 0.5) is 0 Å². The van der Waals surface area contributed by atoms with Crippen LogP contribution in [0.1, 0.15) is 5.56 Å². The molecule has 0 aliphatic rings. The zero-order valence-corrected chi connectivity index (χ0v) is 18.7. The van der Waals surface area contributed by atoms with Gasteiger partial charge in [-0.2, -0.15) is 0 Å². The molecule has 0 aliphatic carbocycles. The van der Waals surface area contributed by atoms with Crippen molar-refractivity contribution in [2.24, 2.45) is 0 Å². The third kappa shape index (κ3) is 4.06. The van der Waals surface area contributed by atoms with Gasteiger partial charge in [-0.15, -0.1) is 0 Å². The van der Waals surface area contributed by atoms with E-state index in [1.165, 1.54) is 11.3 Å². The molecule has 2 heterocycles. The number of hydrogen-bond acceptors (Lipinski definition) is 5. The van der Waals surface area contributed by atoms with Gasteiger partial charge in [0.25, 0.3) is 5.56 Å². The van der Waals surface area contributed by atoms with Crippen molar-refractivity contribution >= 4 is 49.3 Å². The molecule has 0 amide bonds. The van der Waals surface area contributed by atoms with Crippen molar-refractivity contribution in [1.82, 2.24) is 9.38 Å². The standard InChI is InChI=1S/C24H17BrN2O3S/c25-17-9-11-18(12-10-17)29-13-14-30-21-8-4-1-5-16(21)15-22-23(28)27-20-7-3-2-6-19(20)26-24(27)31-22/h1-12,15H,13-14H2/b22-15-. The maximum absolute atomic E-state index is 13.0. The number of thiazole rings is 1. The summed E-state index contributed by atoms with van der Waals surface area (Å²) in [5, 5.41) is 0.